The van der Waals surface area contributed by atoms with E-state index in [1.54, 1.807) is 0 Å². The first kappa shape index (κ1) is 10.2. The summed E-state index contributed by atoms with van der Waals surface area (Å²) in [5.41, 5.74) is 1.14. The van der Waals surface area contributed by atoms with E-state index in [0.29, 0.717) is 12.5 Å². The van der Waals surface area contributed by atoms with Crippen molar-refractivity contribution in [2.75, 3.05) is 13.6 Å². The molecule has 0 aliphatic rings. The number of hydrogen-bond acceptors (Lipinski definition) is 2. The maximum absolute atomic E-state index is 8.42. The van der Waals surface area contributed by atoms with Crippen molar-refractivity contribution in [1.82, 2.24) is 4.90 Å². The third kappa shape index (κ3) is 4.58. The maximum Gasteiger partial charge on any atom is 0.0638 e. The van der Waals surface area contributed by atoms with Crippen molar-refractivity contribution in [3.8, 4) is 6.07 Å². The van der Waals surface area contributed by atoms with Gasteiger partial charge in [0.1, 0.15) is 0 Å². The second kappa shape index (κ2) is 4.92. The fraction of sp³-hybridized carbons (Fsp3) is 0.667. The van der Waals surface area contributed by atoms with Crippen LogP contribution in [0.3, 0.4) is 0 Å². The molecule has 0 bridgehead atoms. The van der Waals surface area contributed by atoms with Gasteiger partial charge in [-0.05, 0) is 20.9 Å². The van der Waals surface area contributed by atoms with Crippen LogP contribution in [0, 0.1) is 11.3 Å². The van der Waals surface area contributed by atoms with Gasteiger partial charge in [-0.3, -0.25) is 4.90 Å². The molecule has 0 aliphatic heterocycles. The minimum atomic E-state index is 0.330. The molecule has 11 heavy (non-hydrogen) atoms. The van der Waals surface area contributed by atoms with Crippen molar-refractivity contribution < 1.29 is 0 Å². The molecule has 0 heterocycles. The molecule has 0 aromatic heterocycles. The van der Waals surface area contributed by atoms with Crippen LogP contribution < -0.4 is 0 Å². The zero-order valence-electron chi connectivity index (χ0n) is 7.59. The van der Waals surface area contributed by atoms with Crippen LogP contribution in [0.25, 0.3) is 0 Å². The first-order valence-corrected chi connectivity index (χ1v) is 3.79. The summed E-state index contributed by atoms with van der Waals surface area (Å²) < 4.78 is 0. The summed E-state index contributed by atoms with van der Waals surface area (Å²) in [7, 11) is 2.01. The van der Waals surface area contributed by atoms with Gasteiger partial charge in [0.05, 0.1) is 12.5 Å². The molecule has 0 amide bonds. The van der Waals surface area contributed by atoms with Gasteiger partial charge in [-0.25, -0.2) is 0 Å². The first-order valence-electron chi connectivity index (χ1n) is 3.79. The molecule has 0 N–H and O–H groups in total. The smallest absolute Gasteiger partial charge is 0.0638 e. The van der Waals surface area contributed by atoms with E-state index in [0.717, 1.165) is 12.1 Å². The van der Waals surface area contributed by atoms with Crippen LogP contribution in [0.2, 0.25) is 0 Å². The third-order valence-electron chi connectivity index (χ3n) is 1.66. The molecule has 0 aliphatic carbocycles. The van der Waals surface area contributed by atoms with E-state index in [2.05, 4.69) is 17.5 Å². The first-order chi connectivity index (χ1) is 5.07. The average Bonchev–Trinajstić information content (AvgIpc) is 1.86. The Kier molecular flexibility index (Phi) is 4.56. The van der Waals surface area contributed by atoms with Crippen LogP contribution >= 0.6 is 0 Å². The van der Waals surface area contributed by atoms with Crippen LogP contribution in [0.5, 0.6) is 0 Å². The Balaban J connectivity index is 3.74. The monoisotopic (exact) mass is 152 g/mol. The predicted molar refractivity (Wildman–Crippen MR) is 47.1 cm³/mol. The Hall–Kier alpha value is -0.810. The number of nitriles is 1. The van der Waals surface area contributed by atoms with Crippen LogP contribution in [0.4, 0.5) is 0 Å². The van der Waals surface area contributed by atoms with Crippen molar-refractivity contribution in [2.45, 2.75) is 26.3 Å². The summed E-state index contributed by atoms with van der Waals surface area (Å²) in [5.74, 6) is 0. The summed E-state index contributed by atoms with van der Waals surface area (Å²) in [5, 5.41) is 8.42. The van der Waals surface area contributed by atoms with Crippen molar-refractivity contribution in [3.05, 3.63) is 12.2 Å². The lowest BCUT2D eigenvalue weighted by Crippen LogP contribution is -2.29. The number of hydrogen-bond donors (Lipinski definition) is 0. The fourth-order valence-corrected chi connectivity index (χ4v) is 0.870. The van der Waals surface area contributed by atoms with Gasteiger partial charge >= 0.3 is 0 Å². The molecule has 2 nitrogen and oxygen atoms in total. The molecule has 0 spiro atoms. The molecule has 0 aromatic rings. The minimum Gasteiger partial charge on any atom is -0.299 e. The molecule has 0 fully saturated rings. The molecular weight excluding hydrogens is 136 g/mol. The van der Waals surface area contributed by atoms with Crippen molar-refractivity contribution in [2.24, 2.45) is 0 Å². The maximum atomic E-state index is 8.42. The molecule has 1 unspecified atom stereocenters. The zero-order valence-corrected chi connectivity index (χ0v) is 7.59. The van der Waals surface area contributed by atoms with Gasteiger partial charge < -0.3 is 0 Å². The summed E-state index contributed by atoms with van der Waals surface area (Å²) in [4.78, 5) is 2.13. The van der Waals surface area contributed by atoms with Crippen molar-refractivity contribution in [1.29, 1.82) is 5.26 Å². The summed E-state index contributed by atoms with van der Waals surface area (Å²) >= 11 is 0. The highest BCUT2D eigenvalue weighted by Crippen LogP contribution is 2.02. The van der Waals surface area contributed by atoms with E-state index in [4.69, 9.17) is 5.26 Å². The summed E-state index contributed by atoms with van der Waals surface area (Å²) in [6.07, 6.45) is 0.587. The van der Waals surface area contributed by atoms with Crippen molar-refractivity contribution in [3.63, 3.8) is 0 Å². The topological polar surface area (TPSA) is 27.0 Å². The standard InChI is InChI=1S/C9H16N2/c1-8(2)7-11(4)9(3)5-6-10/h9H,1,5,7H2,2-4H3. The number of nitrogens with zero attached hydrogens (tertiary/aromatic N) is 2. The van der Waals surface area contributed by atoms with Crippen LogP contribution in [0.1, 0.15) is 20.3 Å². The molecule has 62 valence electrons. The third-order valence-corrected chi connectivity index (χ3v) is 1.66. The zero-order chi connectivity index (χ0) is 8.85. The van der Waals surface area contributed by atoms with E-state index in [1.807, 2.05) is 20.9 Å². The number of rotatable bonds is 4. The molecule has 0 saturated carbocycles. The van der Waals surface area contributed by atoms with Crippen molar-refractivity contribution >= 4 is 0 Å². The van der Waals surface area contributed by atoms with E-state index in [9.17, 15) is 0 Å². The SMILES string of the molecule is C=C(C)CN(C)C(C)CC#N. The average molecular weight is 152 g/mol. The Morgan fingerprint density at radius 2 is 2.27 bits per heavy atom. The van der Waals surface area contributed by atoms with E-state index >= 15 is 0 Å². The summed E-state index contributed by atoms with van der Waals surface area (Å²) in [6, 6.07) is 2.48. The molecule has 0 rings (SSSR count). The van der Waals surface area contributed by atoms with Crippen LogP contribution in [0.15, 0.2) is 12.2 Å². The Morgan fingerprint density at radius 3 is 2.64 bits per heavy atom. The van der Waals surface area contributed by atoms with Gasteiger partial charge in [0.25, 0.3) is 0 Å². The quantitative estimate of drug-likeness (QED) is 0.574. The van der Waals surface area contributed by atoms with Gasteiger partial charge in [-0.15, -0.1) is 0 Å². The minimum absolute atomic E-state index is 0.330. The normalized spacial score (nSPS) is 12.6. The highest BCUT2D eigenvalue weighted by Gasteiger charge is 2.07. The highest BCUT2D eigenvalue weighted by molar-refractivity contribution is 4.93. The van der Waals surface area contributed by atoms with E-state index < -0.39 is 0 Å². The predicted octanol–water partition coefficient (Wildman–Crippen LogP) is 1.80. The Bertz CT molecular complexity index is 167. The Labute approximate surface area is 69.1 Å². The second-order valence-electron chi connectivity index (χ2n) is 3.08. The molecule has 0 radical (unpaired) electrons. The molecular formula is C9H16N2. The highest BCUT2D eigenvalue weighted by atomic mass is 15.1. The lowest BCUT2D eigenvalue weighted by molar-refractivity contribution is 0.282. The van der Waals surface area contributed by atoms with Crippen LogP contribution in [-0.2, 0) is 0 Å². The number of likely N-dealkylation sites (N-methyl/N-ethyl adjacent to an activating group) is 1. The van der Waals surface area contributed by atoms with E-state index in [1.165, 1.54) is 0 Å². The molecule has 0 aromatic carbocycles. The molecule has 2 heteroatoms. The van der Waals surface area contributed by atoms with Gasteiger partial charge in [-0.2, -0.15) is 5.26 Å². The summed E-state index contributed by atoms with van der Waals surface area (Å²) in [6.45, 7) is 8.73. The fourth-order valence-electron chi connectivity index (χ4n) is 0.870. The molecule has 1 atom stereocenters. The Morgan fingerprint density at radius 1 is 1.73 bits per heavy atom. The molecule has 0 saturated heterocycles. The lowest BCUT2D eigenvalue weighted by Gasteiger charge is -2.22. The largest absolute Gasteiger partial charge is 0.299 e. The van der Waals surface area contributed by atoms with Gasteiger partial charge in [0, 0.05) is 12.6 Å². The lowest BCUT2D eigenvalue weighted by atomic mass is 10.2. The second-order valence-corrected chi connectivity index (χ2v) is 3.08. The van der Waals surface area contributed by atoms with Gasteiger partial charge in [0.15, 0.2) is 0 Å². The van der Waals surface area contributed by atoms with Crippen LogP contribution in [-0.4, -0.2) is 24.5 Å². The van der Waals surface area contributed by atoms with Gasteiger partial charge in [-0.1, -0.05) is 12.2 Å². The van der Waals surface area contributed by atoms with E-state index in [-0.39, 0.29) is 0 Å². The van der Waals surface area contributed by atoms with Gasteiger partial charge in [0.2, 0.25) is 0 Å².